The van der Waals surface area contributed by atoms with Crippen LogP contribution >= 0.6 is 0 Å². The van der Waals surface area contributed by atoms with Gasteiger partial charge in [-0.2, -0.15) is 4.31 Å². The third kappa shape index (κ3) is 3.20. The lowest BCUT2D eigenvalue weighted by molar-refractivity contribution is -0.275. The summed E-state index contributed by atoms with van der Waals surface area (Å²) >= 11 is 0. The van der Waals surface area contributed by atoms with Crippen molar-refractivity contribution in [3.05, 3.63) is 24.3 Å². The minimum absolute atomic E-state index is 0.00196. The fourth-order valence-corrected chi connectivity index (χ4v) is 5.20. The van der Waals surface area contributed by atoms with Gasteiger partial charge in [-0.05, 0) is 25.0 Å². The molecule has 10 heteroatoms. The molecule has 2 heterocycles. The maximum Gasteiger partial charge on any atom is 0.573 e. The molecule has 2 aliphatic heterocycles. The molecule has 24 heavy (non-hydrogen) atoms. The Balaban J connectivity index is 2.01. The van der Waals surface area contributed by atoms with Gasteiger partial charge in [0, 0.05) is 25.0 Å². The number of carbonyl (C=O) groups excluding carboxylic acids is 1. The molecule has 1 N–H and O–H groups in total. The van der Waals surface area contributed by atoms with Crippen LogP contribution in [0.1, 0.15) is 19.3 Å². The van der Waals surface area contributed by atoms with Gasteiger partial charge in [0.05, 0.1) is 0 Å². The average Bonchev–Trinajstić information content (AvgIpc) is 2.78. The molecule has 3 rings (SSSR count). The molecule has 0 radical (unpaired) electrons. The number of ether oxygens (including phenoxy) is 1. The molecule has 1 amide bonds. The minimum atomic E-state index is -5.00. The van der Waals surface area contributed by atoms with Crippen molar-refractivity contribution in [3.8, 4) is 5.75 Å². The van der Waals surface area contributed by atoms with Crippen LogP contribution in [0.4, 0.5) is 13.2 Å². The van der Waals surface area contributed by atoms with E-state index >= 15 is 0 Å². The highest BCUT2D eigenvalue weighted by Gasteiger charge is 2.46. The highest BCUT2D eigenvalue weighted by atomic mass is 32.2. The van der Waals surface area contributed by atoms with Crippen LogP contribution in [0.5, 0.6) is 5.75 Å². The second kappa shape index (κ2) is 5.92. The molecule has 0 aliphatic carbocycles. The van der Waals surface area contributed by atoms with Crippen molar-refractivity contribution in [2.45, 2.75) is 42.6 Å². The third-order valence-electron chi connectivity index (χ3n) is 4.14. The van der Waals surface area contributed by atoms with Crippen LogP contribution < -0.4 is 10.1 Å². The molecule has 2 aliphatic rings. The molecule has 0 unspecified atom stereocenters. The quantitative estimate of drug-likeness (QED) is 0.885. The first-order valence-corrected chi connectivity index (χ1v) is 8.77. The molecule has 2 fully saturated rings. The van der Waals surface area contributed by atoms with E-state index in [9.17, 15) is 26.4 Å². The maximum absolute atomic E-state index is 13.0. The lowest BCUT2D eigenvalue weighted by atomic mass is 10.1. The van der Waals surface area contributed by atoms with Gasteiger partial charge >= 0.3 is 6.36 Å². The fourth-order valence-electron chi connectivity index (χ4n) is 3.22. The van der Waals surface area contributed by atoms with Crippen LogP contribution in [0, 0.1) is 0 Å². The molecule has 132 valence electrons. The summed E-state index contributed by atoms with van der Waals surface area (Å²) in [6, 6.07) is 3.62. The van der Waals surface area contributed by atoms with Gasteiger partial charge < -0.3 is 10.1 Å². The number of rotatable bonds is 3. The molecule has 0 spiro atoms. The van der Waals surface area contributed by atoms with Crippen LogP contribution in [0.15, 0.2) is 29.2 Å². The predicted octanol–water partition coefficient (Wildman–Crippen LogP) is 1.63. The molecule has 6 nitrogen and oxygen atoms in total. The summed E-state index contributed by atoms with van der Waals surface area (Å²) in [5.74, 6) is -1.03. The van der Waals surface area contributed by atoms with Gasteiger partial charge in [-0.15, -0.1) is 13.2 Å². The van der Waals surface area contributed by atoms with E-state index in [4.69, 9.17) is 0 Å². The summed E-state index contributed by atoms with van der Waals surface area (Å²) < 4.78 is 68.6. The number of amides is 1. The van der Waals surface area contributed by atoms with E-state index < -0.39 is 39.1 Å². The van der Waals surface area contributed by atoms with Crippen molar-refractivity contribution in [2.24, 2.45) is 0 Å². The smallest absolute Gasteiger partial charge is 0.404 e. The van der Waals surface area contributed by atoms with E-state index in [0.29, 0.717) is 12.8 Å². The van der Waals surface area contributed by atoms with Crippen molar-refractivity contribution in [3.63, 3.8) is 0 Å². The number of hydrogen-bond donors (Lipinski definition) is 1. The van der Waals surface area contributed by atoms with Gasteiger partial charge in [-0.25, -0.2) is 8.42 Å². The highest BCUT2D eigenvalue weighted by Crippen LogP contribution is 2.38. The van der Waals surface area contributed by atoms with Crippen LogP contribution in [-0.4, -0.2) is 43.6 Å². The van der Waals surface area contributed by atoms with Crippen LogP contribution in [-0.2, 0) is 14.8 Å². The van der Waals surface area contributed by atoms with Gasteiger partial charge in [-0.1, -0.05) is 12.1 Å². The number of alkyl halides is 3. The number of sulfonamides is 1. The Morgan fingerprint density at radius 1 is 1.17 bits per heavy atom. The predicted molar refractivity (Wildman–Crippen MR) is 76.6 cm³/mol. The Morgan fingerprint density at radius 2 is 1.83 bits per heavy atom. The van der Waals surface area contributed by atoms with Gasteiger partial charge in [0.1, 0.15) is 10.6 Å². The van der Waals surface area contributed by atoms with Crippen molar-refractivity contribution < 1.29 is 31.1 Å². The number of hydrogen-bond acceptors (Lipinski definition) is 4. The Morgan fingerprint density at radius 3 is 2.54 bits per heavy atom. The van der Waals surface area contributed by atoms with E-state index in [0.717, 1.165) is 16.4 Å². The first-order valence-electron chi connectivity index (χ1n) is 7.33. The number of nitrogens with one attached hydrogen (secondary N) is 1. The molecule has 2 saturated heterocycles. The second-order valence-electron chi connectivity index (χ2n) is 5.72. The summed E-state index contributed by atoms with van der Waals surface area (Å²) in [6.45, 7) is 0.150. The number of halogens is 3. The van der Waals surface area contributed by atoms with Crippen molar-refractivity contribution >= 4 is 15.9 Å². The zero-order valence-corrected chi connectivity index (χ0v) is 13.2. The van der Waals surface area contributed by atoms with Crippen molar-refractivity contribution in [1.82, 2.24) is 9.62 Å². The summed E-state index contributed by atoms with van der Waals surface area (Å²) in [4.78, 5) is 11.1. The number of nitrogens with zero attached hydrogens (tertiary/aromatic N) is 1. The van der Waals surface area contributed by atoms with E-state index in [-0.39, 0.29) is 18.9 Å². The SMILES string of the molecule is O=C1C[C@@H]2CC[C@H](CN1)N2S(=O)(=O)c1ccccc1OC(F)(F)F. The zero-order chi connectivity index (χ0) is 17.5. The molecule has 0 saturated carbocycles. The Kier molecular flexibility index (Phi) is 4.20. The summed E-state index contributed by atoms with van der Waals surface area (Å²) in [5, 5.41) is 2.63. The fraction of sp³-hybridized carbons (Fsp3) is 0.500. The Bertz CT molecular complexity index is 751. The Hall–Kier alpha value is -1.81. The first kappa shape index (κ1) is 17.0. The number of para-hydroxylation sites is 1. The van der Waals surface area contributed by atoms with Gasteiger partial charge in [0.25, 0.3) is 0 Å². The molecule has 2 bridgehead atoms. The molecule has 1 aromatic rings. The van der Waals surface area contributed by atoms with E-state index in [1.54, 1.807) is 0 Å². The van der Waals surface area contributed by atoms with Crippen LogP contribution in [0.3, 0.4) is 0 Å². The standard InChI is InChI=1S/C14H15F3N2O4S/c15-14(16,17)23-11-3-1-2-4-12(11)24(21,22)19-9-5-6-10(19)8-18-13(20)7-9/h1-4,9-10H,5-8H2,(H,18,20)/t9-,10+/m0/s1. The van der Waals surface area contributed by atoms with E-state index in [1.165, 1.54) is 12.1 Å². The number of benzene rings is 1. The van der Waals surface area contributed by atoms with E-state index in [2.05, 4.69) is 10.1 Å². The number of fused-ring (bicyclic) bond motifs is 2. The topological polar surface area (TPSA) is 75.7 Å². The minimum Gasteiger partial charge on any atom is -0.404 e. The van der Waals surface area contributed by atoms with Crippen molar-refractivity contribution in [2.75, 3.05) is 6.54 Å². The molecular weight excluding hydrogens is 349 g/mol. The van der Waals surface area contributed by atoms with Crippen LogP contribution in [0.2, 0.25) is 0 Å². The summed E-state index contributed by atoms with van der Waals surface area (Å²) in [7, 11) is -4.23. The lowest BCUT2D eigenvalue weighted by Gasteiger charge is -2.27. The normalized spacial score (nSPS) is 25.2. The Labute approximate surface area is 136 Å². The van der Waals surface area contributed by atoms with Crippen LogP contribution in [0.25, 0.3) is 0 Å². The lowest BCUT2D eigenvalue weighted by Crippen LogP contribution is -2.42. The number of carbonyl (C=O) groups is 1. The molecule has 2 atom stereocenters. The first-order chi connectivity index (χ1) is 11.2. The maximum atomic E-state index is 13.0. The summed E-state index contributed by atoms with van der Waals surface area (Å²) in [5.41, 5.74) is 0. The molecule has 0 aromatic heterocycles. The van der Waals surface area contributed by atoms with Gasteiger partial charge in [0.2, 0.25) is 15.9 Å². The molecular formula is C14H15F3N2O4S. The average molecular weight is 364 g/mol. The molecule has 1 aromatic carbocycles. The highest BCUT2D eigenvalue weighted by molar-refractivity contribution is 7.89. The summed E-state index contributed by atoms with van der Waals surface area (Å²) in [6.07, 6.45) is -3.95. The zero-order valence-electron chi connectivity index (χ0n) is 12.4. The second-order valence-corrected chi connectivity index (χ2v) is 7.53. The third-order valence-corrected chi connectivity index (χ3v) is 6.18. The van der Waals surface area contributed by atoms with Crippen molar-refractivity contribution in [1.29, 1.82) is 0 Å². The largest absolute Gasteiger partial charge is 0.573 e. The van der Waals surface area contributed by atoms with Gasteiger partial charge in [0.15, 0.2) is 0 Å². The monoisotopic (exact) mass is 364 g/mol. The van der Waals surface area contributed by atoms with Gasteiger partial charge in [-0.3, -0.25) is 4.79 Å². The van der Waals surface area contributed by atoms with E-state index in [1.807, 2.05) is 0 Å².